The number of rotatable bonds is 0. The molecule has 4 rings (SSSR count). The van der Waals surface area contributed by atoms with Gasteiger partial charge in [0.2, 0.25) is 0 Å². The Kier molecular flexibility index (Phi) is 4.29. The van der Waals surface area contributed by atoms with E-state index in [0.717, 1.165) is 17.3 Å². The molecule has 23 heavy (non-hydrogen) atoms. The monoisotopic (exact) mass is 304 g/mol. The maximum atomic E-state index is 11.7. The van der Waals surface area contributed by atoms with Crippen LogP contribution in [-0.4, -0.2) is 29.6 Å². The highest BCUT2D eigenvalue weighted by Crippen LogP contribution is 2.17. The minimum absolute atomic E-state index is 0.0220. The van der Waals surface area contributed by atoms with Crippen LogP contribution in [0.4, 0.5) is 4.79 Å². The lowest BCUT2D eigenvalue weighted by molar-refractivity contribution is 0.220. The average Bonchev–Trinajstić information content (AvgIpc) is 3.21. The molecule has 1 amide bonds. The molecule has 3 aromatic rings. The smallest absolute Gasteiger partial charge is 0.328 e. The van der Waals surface area contributed by atoms with Crippen LogP contribution in [0.1, 0.15) is 11.1 Å². The first-order valence-electron chi connectivity index (χ1n) is 7.69. The first-order chi connectivity index (χ1) is 11.2. The van der Waals surface area contributed by atoms with Gasteiger partial charge in [0, 0.05) is 25.7 Å². The molecule has 116 valence electrons. The summed E-state index contributed by atoms with van der Waals surface area (Å²) in [5.41, 5.74) is 3.79. The second kappa shape index (κ2) is 6.53. The minimum Gasteiger partial charge on any atom is -0.330 e. The molecule has 0 atom stereocenters. The molecule has 3 heteroatoms. The summed E-state index contributed by atoms with van der Waals surface area (Å²) in [6, 6.07) is 18.2. The third-order valence-corrected chi connectivity index (χ3v) is 3.88. The van der Waals surface area contributed by atoms with E-state index in [9.17, 15) is 4.79 Å². The maximum Gasteiger partial charge on any atom is 0.328 e. The minimum atomic E-state index is -0.0220. The zero-order valence-electron chi connectivity index (χ0n) is 13.4. The summed E-state index contributed by atoms with van der Waals surface area (Å²) in [4.78, 5) is 13.3. The molecule has 1 aromatic heterocycles. The van der Waals surface area contributed by atoms with E-state index in [1.54, 1.807) is 29.8 Å². The zero-order chi connectivity index (χ0) is 16.2. The van der Waals surface area contributed by atoms with Crippen LogP contribution in [0.25, 0.3) is 17.0 Å². The number of carbonyl (C=O) groups is 1. The van der Waals surface area contributed by atoms with Crippen molar-refractivity contribution in [3.05, 3.63) is 78.0 Å². The van der Waals surface area contributed by atoms with Gasteiger partial charge in [0.25, 0.3) is 0 Å². The SMILES string of the molecule is C1=Cc2ccccc2C1.CN(C)C(=O)n1ccc2ccccc21. The fraction of sp³-hybridized carbons (Fsp3) is 0.150. The fourth-order valence-electron chi connectivity index (χ4n) is 2.66. The molecule has 0 aliphatic heterocycles. The number of carbonyl (C=O) groups excluding carboxylic acids is 1. The number of hydrogen-bond donors (Lipinski definition) is 0. The van der Waals surface area contributed by atoms with E-state index in [4.69, 9.17) is 0 Å². The molecular formula is C20H20N2O. The topological polar surface area (TPSA) is 25.2 Å². The van der Waals surface area contributed by atoms with Crippen molar-refractivity contribution in [2.45, 2.75) is 6.42 Å². The number of nitrogens with zero attached hydrogens (tertiary/aromatic N) is 2. The van der Waals surface area contributed by atoms with E-state index in [1.807, 2.05) is 30.3 Å². The molecular weight excluding hydrogens is 284 g/mol. The average molecular weight is 304 g/mol. The second-order valence-electron chi connectivity index (χ2n) is 5.73. The van der Waals surface area contributed by atoms with Gasteiger partial charge in [-0.25, -0.2) is 4.79 Å². The molecule has 0 N–H and O–H groups in total. The van der Waals surface area contributed by atoms with E-state index in [2.05, 4.69) is 36.4 Å². The van der Waals surface area contributed by atoms with Gasteiger partial charge in [-0.2, -0.15) is 0 Å². The molecule has 0 fully saturated rings. The van der Waals surface area contributed by atoms with Crippen LogP contribution in [0.15, 0.2) is 66.9 Å². The van der Waals surface area contributed by atoms with Crippen LogP contribution in [0.3, 0.4) is 0 Å². The van der Waals surface area contributed by atoms with Gasteiger partial charge in [-0.15, -0.1) is 0 Å². The highest BCUT2D eigenvalue weighted by molar-refractivity contribution is 5.91. The van der Waals surface area contributed by atoms with E-state index >= 15 is 0 Å². The van der Waals surface area contributed by atoms with Crippen LogP contribution in [0.2, 0.25) is 0 Å². The number of hydrogen-bond acceptors (Lipinski definition) is 1. The van der Waals surface area contributed by atoms with Gasteiger partial charge in [0.1, 0.15) is 0 Å². The lowest BCUT2D eigenvalue weighted by Gasteiger charge is -2.11. The molecule has 0 bridgehead atoms. The summed E-state index contributed by atoms with van der Waals surface area (Å²) in [5, 5.41) is 1.09. The maximum absolute atomic E-state index is 11.7. The summed E-state index contributed by atoms with van der Waals surface area (Å²) in [5.74, 6) is 0. The molecule has 0 spiro atoms. The highest BCUT2D eigenvalue weighted by Gasteiger charge is 2.09. The van der Waals surface area contributed by atoms with E-state index in [1.165, 1.54) is 11.1 Å². The second-order valence-corrected chi connectivity index (χ2v) is 5.73. The molecule has 0 unspecified atom stereocenters. The van der Waals surface area contributed by atoms with Crippen molar-refractivity contribution in [2.24, 2.45) is 0 Å². The van der Waals surface area contributed by atoms with Gasteiger partial charge >= 0.3 is 6.03 Å². The molecule has 0 saturated heterocycles. The fourth-order valence-corrected chi connectivity index (χ4v) is 2.66. The number of para-hydroxylation sites is 1. The molecule has 1 heterocycles. The molecule has 0 saturated carbocycles. The van der Waals surface area contributed by atoms with Crippen LogP contribution in [-0.2, 0) is 6.42 Å². The van der Waals surface area contributed by atoms with E-state index in [-0.39, 0.29) is 6.03 Å². The molecule has 2 aromatic carbocycles. The Morgan fingerprint density at radius 2 is 1.74 bits per heavy atom. The molecule has 1 aliphatic rings. The first-order valence-corrected chi connectivity index (χ1v) is 7.69. The number of benzene rings is 2. The molecule has 0 radical (unpaired) electrons. The number of allylic oxidation sites excluding steroid dienone is 1. The Balaban J connectivity index is 0.000000149. The summed E-state index contributed by atoms with van der Waals surface area (Å²) in [6.07, 6.45) is 7.29. The lowest BCUT2D eigenvalue weighted by Crippen LogP contribution is -2.26. The van der Waals surface area contributed by atoms with Crippen LogP contribution < -0.4 is 0 Å². The summed E-state index contributed by atoms with van der Waals surface area (Å²) in [7, 11) is 3.49. The number of amides is 1. The van der Waals surface area contributed by atoms with Gasteiger partial charge < -0.3 is 4.90 Å². The van der Waals surface area contributed by atoms with Crippen molar-refractivity contribution < 1.29 is 4.79 Å². The van der Waals surface area contributed by atoms with E-state index < -0.39 is 0 Å². The quantitative estimate of drug-likeness (QED) is 0.603. The summed E-state index contributed by atoms with van der Waals surface area (Å²) < 4.78 is 1.65. The van der Waals surface area contributed by atoms with Gasteiger partial charge in [0.15, 0.2) is 0 Å². The largest absolute Gasteiger partial charge is 0.330 e. The van der Waals surface area contributed by atoms with Crippen molar-refractivity contribution in [1.29, 1.82) is 0 Å². The van der Waals surface area contributed by atoms with Crippen molar-refractivity contribution in [1.82, 2.24) is 9.47 Å². The van der Waals surface area contributed by atoms with Gasteiger partial charge in [-0.05, 0) is 29.7 Å². The third-order valence-electron chi connectivity index (χ3n) is 3.88. The van der Waals surface area contributed by atoms with Gasteiger partial charge in [0.05, 0.1) is 5.52 Å². The Morgan fingerprint density at radius 1 is 1.00 bits per heavy atom. The number of aromatic nitrogens is 1. The Labute approximate surface area is 136 Å². The third kappa shape index (κ3) is 3.19. The molecule has 1 aliphatic carbocycles. The highest BCUT2D eigenvalue weighted by atomic mass is 16.2. The first kappa shape index (κ1) is 15.1. The Morgan fingerprint density at radius 3 is 2.52 bits per heavy atom. The standard InChI is InChI=1S/C11H12N2O.C9H8/c1-12(2)11(14)13-8-7-9-5-3-4-6-10(9)13;1-2-5-9-7-3-6-8(9)4-1/h3-8H,1-2H3;1-6H,7H2. The van der Waals surface area contributed by atoms with Crippen LogP contribution in [0.5, 0.6) is 0 Å². The summed E-state index contributed by atoms with van der Waals surface area (Å²) in [6.45, 7) is 0. The predicted molar refractivity (Wildman–Crippen MR) is 95.6 cm³/mol. The van der Waals surface area contributed by atoms with Crippen molar-refractivity contribution in [2.75, 3.05) is 14.1 Å². The van der Waals surface area contributed by atoms with Crippen LogP contribution in [0, 0.1) is 0 Å². The normalized spacial score (nSPS) is 11.7. The van der Waals surface area contributed by atoms with Crippen LogP contribution >= 0.6 is 0 Å². The molecule has 3 nitrogen and oxygen atoms in total. The zero-order valence-corrected chi connectivity index (χ0v) is 13.4. The number of fused-ring (bicyclic) bond motifs is 2. The predicted octanol–water partition coefficient (Wildman–Crippen LogP) is 4.43. The Hall–Kier alpha value is -2.81. The summed E-state index contributed by atoms with van der Waals surface area (Å²) >= 11 is 0. The van der Waals surface area contributed by atoms with Crippen molar-refractivity contribution in [3.63, 3.8) is 0 Å². The lowest BCUT2D eigenvalue weighted by atomic mass is 10.1. The van der Waals surface area contributed by atoms with E-state index in [0.29, 0.717) is 0 Å². The van der Waals surface area contributed by atoms with Crippen molar-refractivity contribution >= 4 is 23.0 Å². The van der Waals surface area contributed by atoms with Gasteiger partial charge in [-0.3, -0.25) is 4.57 Å². The Bertz CT molecular complexity index is 859. The van der Waals surface area contributed by atoms with Gasteiger partial charge in [-0.1, -0.05) is 54.6 Å². The van der Waals surface area contributed by atoms with Crippen molar-refractivity contribution in [3.8, 4) is 0 Å².